The van der Waals surface area contributed by atoms with Crippen molar-refractivity contribution in [3.8, 4) is 11.5 Å². The van der Waals surface area contributed by atoms with Crippen LogP contribution in [0, 0.1) is 0 Å². The molecule has 132 valence electrons. The minimum Gasteiger partial charge on any atom is -0.493 e. The molecule has 0 aliphatic rings. The van der Waals surface area contributed by atoms with Crippen molar-refractivity contribution < 1.29 is 14.3 Å². The molecule has 2 N–H and O–H groups in total. The van der Waals surface area contributed by atoms with Gasteiger partial charge in [-0.1, -0.05) is 12.1 Å². The third-order valence-corrected chi connectivity index (χ3v) is 3.47. The van der Waals surface area contributed by atoms with Crippen LogP contribution in [-0.2, 0) is 6.42 Å². The van der Waals surface area contributed by atoms with E-state index in [4.69, 9.17) is 9.47 Å². The summed E-state index contributed by atoms with van der Waals surface area (Å²) in [6, 6.07) is 7.29. The highest BCUT2D eigenvalue weighted by Gasteiger charge is 2.09. The van der Waals surface area contributed by atoms with Gasteiger partial charge in [0.2, 0.25) is 0 Å². The lowest BCUT2D eigenvalue weighted by Gasteiger charge is -2.10. The number of aromatic nitrogens is 2. The van der Waals surface area contributed by atoms with Gasteiger partial charge in [0.1, 0.15) is 17.8 Å². The lowest BCUT2D eigenvalue weighted by atomic mass is 10.1. The quantitative estimate of drug-likeness (QED) is 0.679. The van der Waals surface area contributed by atoms with Crippen molar-refractivity contribution in [2.75, 3.05) is 32.6 Å². The fourth-order valence-corrected chi connectivity index (χ4v) is 2.20. The van der Waals surface area contributed by atoms with E-state index in [0.717, 1.165) is 5.56 Å². The van der Waals surface area contributed by atoms with Crippen molar-refractivity contribution >= 4 is 11.7 Å². The van der Waals surface area contributed by atoms with Gasteiger partial charge in [0.15, 0.2) is 11.5 Å². The zero-order valence-corrected chi connectivity index (χ0v) is 14.4. The van der Waals surface area contributed by atoms with Crippen LogP contribution in [0.3, 0.4) is 0 Å². The first-order valence-corrected chi connectivity index (χ1v) is 7.84. The van der Waals surface area contributed by atoms with E-state index in [1.54, 1.807) is 26.4 Å². The average molecular weight is 342 g/mol. The van der Waals surface area contributed by atoms with Crippen LogP contribution in [0.15, 0.2) is 43.2 Å². The number of carbonyl (C=O) groups excluding carboxylic acids is 1. The second-order valence-electron chi connectivity index (χ2n) is 5.15. The highest BCUT2D eigenvalue weighted by molar-refractivity contribution is 5.92. The Labute approximate surface area is 147 Å². The monoisotopic (exact) mass is 342 g/mol. The summed E-state index contributed by atoms with van der Waals surface area (Å²) in [5, 5.41) is 5.87. The summed E-state index contributed by atoms with van der Waals surface area (Å²) in [6.45, 7) is 4.67. The molecule has 0 unspecified atom stereocenters. The van der Waals surface area contributed by atoms with Gasteiger partial charge in [0.25, 0.3) is 5.91 Å². The Morgan fingerprint density at radius 3 is 2.72 bits per heavy atom. The maximum atomic E-state index is 12.2. The van der Waals surface area contributed by atoms with Crippen LogP contribution in [0.4, 0.5) is 5.82 Å². The van der Waals surface area contributed by atoms with Gasteiger partial charge in [-0.15, -0.1) is 6.58 Å². The standard InChI is InChI=1S/C18H22N4O3/c1-4-8-19-17-11-14(21-12-22-17)18(23)20-9-7-13-5-6-15(24-2)16(10-13)25-3/h4-6,10-12H,1,7-9H2,2-3H3,(H,20,23)(H,19,21,22). The number of amides is 1. The van der Waals surface area contributed by atoms with Crippen LogP contribution in [0.5, 0.6) is 11.5 Å². The Morgan fingerprint density at radius 2 is 2.00 bits per heavy atom. The SMILES string of the molecule is C=CCNc1cc(C(=O)NCCc2ccc(OC)c(OC)c2)ncn1. The molecule has 7 nitrogen and oxygen atoms in total. The largest absolute Gasteiger partial charge is 0.493 e. The van der Waals surface area contributed by atoms with Gasteiger partial charge >= 0.3 is 0 Å². The summed E-state index contributed by atoms with van der Waals surface area (Å²) < 4.78 is 10.5. The zero-order valence-electron chi connectivity index (χ0n) is 14.4. The third kappa shape index (κ3) is 5.20. The molecule has 0 aliphatic heterocycles. The molecule has 0 radical (unpaired) electrons. The molecule has 1 aromatic heterocycles. The van der Waals surface area contributed by atoms with Crippen molar-refractivity contribution in [2.24, 2.45) is 0 Å². The van der Waals surface area contributed by atoms with Crippen LogP contribution in [0.25, 0.3) is 0 Å². The summed E-state index contributed by atoms with van der Waals surface area (Å²) in [5.41, 5.74) is 1.35. The Bertz CT molecular complexity index is 734. The minimum atomic E-state index is -0.246. The molecule has 0 fully saturated rings. The molecule has 0 bridgehead atoms. The van der Waals surface area contributed by atoms with E-state index < -0.39 is 0 Å². The predicted octanol–water partition coefficient (Wildman–Crippen LogP) is 2.06. The van der Waals surface area contributed by atoms with E-state index in [1.807, 2.05) is 18.2 Å². The van der Waals surface area contributed by atoms with Crippen molar-refractivity contribution in [1.82, 2.24) is 15.3 Å². The molecule has 2 rings (SSSR count). The lowest BCUT2D eigenvalue weighted by molar-refractivity contribution is 0.0949. The minimum absolute atomic E-state index is 0.246. The molecule has 0 atom stereocenters. The highest BCUT2D eigenvalue weighted by Crippen LogP contribution is 2.27. The van der Waals surface area contributed by atoms with Gasteiger partial charge in [-0.3, -0.25) is 4.79 Å². The molecule has 0 spiro atoms. The smallest absolute Gasteiger partial charge is 0.270 e. The van der Waals surface area contributed by atoms with E-state index in [1.165, 1.54) is 6.33 Å². The lowest BCUT2D eigenvalue weighted by Crippen LogP contribution is -2.26. The molecule has 2 aromatic rings. The van der Waals surface area contributed by atoms with Gasteiger partial charge < -0.3 is 20.1 Å². The number of anilines is 1. The topological polar surface area (TPSA) is 85.4 Å². The first kappa shape index (κ1) is 18.3. The van der Waals surface area contributed by atoms with Crippen LogP contribution in [0.1, 0.15) is 16.1 Å². The number of benzene rings is 1. The maximum absolute atomic E-state index is 12.2. The molecular formula is C18H22N4O3. The van der Waals surface area contributed by atoms with Crippen molar-refractivity contribution in [3.05, 3.63) is 54.5 Å². The van der Waals surface area contributed by atoms with Gasteiger partial charge in [-0.05, 0) is 24.1 Å². The van der Waals surface area contributed by atoms with Crippen molar-refractivity contribution in [3.63, 3.8) is 0 Å². The number of ether oxygens (including phenoxy) is 2. The van der Waals surface area contributed by atoms with Crippen molar-refractivity contribution in [2.45, 2.75) is 6.42 Å². The van der Waals surface area contributed by atoms with Crippen LogP contribution >= 0.6 is 0 Å². The molecule has 1 aromatic carbocycles. The van der Waals surface area contributed by atoms with E-state index in [-0.39, 0.29) is 5.91 Å². The van der Waals surface area contributed by atoms with Crippen molar-refractivity contribution in [1.29, 1.82) is 0 Å². The molecule has 0 aliphatic carbocycles. The fraction of sp³-hybridized carbons (Fsp3) is 0.278. The number of nitrogens with one attached hydrogen (secondary N) is 2. The predicted molar refractivity (Wildman–Crippen MR) is 96.3 cm³/mol. The Kier molecular flexibility index (Phi) is 6.76. The highest BCUT2D eigenvalue weighted by atomic mass is 16.5. The van der Waals surface area contributed by atoms with Crippen LogP contribution in [0.2, 0.25) is 0 Å². The Hall–Kier alpha value is -3.09. The van der Waals surface area contributed by atoms with E-state index in [2.05, 4.69) is 27.2 Å². The Balaban J connectivity index is 1.91. The molecule has 1 heterocycles. The first-order chi connectivity index (χ1) is 12.2. The van der Waals surface area contributed by atoms with E-state index >= 15 is 0 Å². The van der Waals surface area contributed by atoms with E-state index in [0.29, 0.717) is 42.5 Å². The number of hydrogen-bond donors (Lipinski definition) is 2. The van der Waals surface area contributed by atoms with E-state index in [9.17, 15) is 4.79 Å². The molecular weight excluding hydrogens is 320 g/mol. The average Bonchev–Trinajstić information content (AvgIpc) is 2.66. The molecule has 0 saturated heterocycles. The summed E-state index contributed by atoms with van der Waals surface area (Å²) >= 11 is 0. The second kappa shape index (κ2) is 9.27. The summed E-state index contributed by atoms with van der Waals surface area (Å²) in [6.07, 6.45) is 3.73. The van der Waals surface area contributed by atoms with Gasteiger partial charge in [-0.2, -0.15) is 0 Å². The summed E-state index contributed by atoms with van der Waals surface area (Å²) in [5.74, 6) is 1.68. The number of nitrogens with zero attached hydrogens (tertiary/aromatic N) is 2. The van der Waals surface area contributed by atoms with Gasteiger partial charge in [0, 0.05) is 19.2 Å². The fourth-order valence-electron chi connectivity index (χ4n) is 2.20. The molecule has 0 saturated carbocycles. The Morgan fingerprint density at radius 1 is 1.20 bits per heavy atom. The molecule has 1 amide bonds. The number of hydrogen-bond acceptors (Lipinski definition) is 6. The summed E-state index contributed by atoms with van der Waals surface area (Å²) in [7, 11) is 3.19. The molecule has 7 heteroatoms. The van der Waals surface area contributed by atoms with Gasteiger partial charge in [-0.25, -0.2) is 9.97 Å². The first-order valence-electron chi connectivity index (χ1n) is 7.84. The number of rotatable bonds is 9. The second-order valence-corrected chi connectivity index (χ2v) is 5.15. The summed E-state index contributed by atoms with van der Waals surface area (Å²) in [4.78, 5) is 20.2. The third-order valence-electron chi connectivity index (χ3n) is 3.47. The zero-order chi connectivity index (χ0) is 18.1. The normalized spacial score (nSPS) is 10.0. The number of methoxy groups -OCH3 is 2. The van der Waals surface area contributed by atoms with Crippen LogP contribution in [-0.4, -0.2) is 43.2 Å². The molecule has 25 heavy (non-hydrogen) atoms. The number of carbonyl (C=O) groups is 1. The van der Waals surface area contributed by atoms with Gasteiger partial charge in [0.05, 0.1) is 14.2 Å². The maximum Gasteiger partial charge on any atom is 0.270 e. The van der Waals surface area contributed by atoms with Crippen LogP contribution < -0.4 is 20.1 Å².